The van der Waals surface area contributed by atoms with E-state index in [-0.39, 0.29) is 16.7 Å². The Morgan fingerprint density at radius 3 is 1.67 bits per heavy atom. The summed E-state index contributed by atoms with van der Waals surface area (Å²) in [5, 5.41) is 27.5. The van der Waals surface area contributed by atoms with E-state index < -0.39 is 43.1 Å². The predicted molar refractivity (Wildman–Crippen MR) is 107 cm³/mol. The number of ether oxygens (including phenoxy) is 1. The van der Waals surface area contributed by atoms with Crippen molar-refractivity contribution in [1.82, 2.24) is 0 Å². The van der Waals surface area contributed by atoms with Gasteiger partial charge in [-0.05, 0) is 39.9 Å². The Morgan fingerprint density at radius 2 is 1.23 bits per heavy atom. The van der Waals surface area contributed by atoms with E-state index in [0.29, 0.717) is 11.3 Å². The molecule has 0 spiro atoms. The van der Waals surface area contributed by atoms with Gasteiger partial charge in [-0.1, -0.05) is 36.4 Å². The Kier molecular flexibility index (Phi) is 7.46. The van der Waals surface area contributed by atoms with Crippen LogP contribution in [0.2, 0.25) is 0 Å². The van der Waals surface area contributed by atoms with Gasteiger partial charge in [-0.3, -0.25) is 19.2 Å². The van der Waals surface area contributed by atoms with Gasteiger partial charge < -0.3 is 20.1 Å². The predicted octanol–water partition coefficient (Wildman–Crippen LogP) is 2.66. The van der Waals surface area contributed by atoms with E-state index in [0.717, 1.165) is 5.56 Å². The highest BCUT2D eigenvalue weighted by molar-refractivity contribution is 5.79. The number of carbonyl (C=O) groups excluding carboxylic acids is 1. The van der Waals surface area contributed by atoms with Gasteiger partial charge in [0.15, 0.2) is 0 Å². The smallest absolute Gasteiger partial charge is 0.308 e. The molecule has 30 heavy (non-hydrogen) atoms. The maximum Gasteiger partial charge on any atom is 0.308 e. The zero-order valence-electron chi connectivity index (χ0n) is 16.1. The zero-order chi connectivity index (χ0) is 22.3. The first-order valence-corrected chi connectivity index (χ1v) is 8.90. The molecule has 0 amide bonds. The molecule has 0 aliphatic rings. The molecule has 8 nitrogen and oxygen atoms in total. The fourth-order valence-corrected chi connectivity index (χ4v) is 2.95. The second-order valence-corrected chi connectivity index (χ2v) is 6.53. The van der Waals surface area contributed by atoms with E-state index in [4.69, 9.17) is 20.1 Å². The van der Waals surface area contributed by atoms with Crippen molar-refractivity contribution in [1.29, 1.82) is 0 Å². The highest BCUT2D eigenvalue weighted by atomic mass is 16.5. The first-order chi connectivity index (χ1) is 14.1. The average molecular weight is 412 g/mol. The van der Waals surface area contributed by atoms with Gasteiger partial charge >= 0.3 is 23.9 Å². The van der Waals surface area contributed by atoms with Crippen molar-refractivity contribution >= 4 is 36.0 Å². The molecule has 0 aromatic heterocycles. The first kappa shape index (κ1) is 22.4. The number of esters is 1. The Balaban J connectivity index is 2.41. The lowest BCUT2D eigenvalue weighted by molar-refractivity contribution is -0.137. The van der Waals surface area contributed by atoms with Crippen LogP contribution in [-0.2, 0) is 38.4 Å². The van der Waals surface area contributed by atoms with Gasteiger partial charge in [-0.15, -0.1) is 0 Å². The van der Waals surface area contributed by atoms with Crippen molar-refractivity contribution in [2.24, 2.45) is 0 Å². The van der Waals surface area contributed by atoms with Crippen molar-refractivity contribution in [3.8, 4) is 5.75 Å². The molecule has 0 saturated carbocycles. The van der Waals surface area contributed by atoms with Crippen molar-refractivity contribution in [3.05, 3.63) is 64.2 Å². The maximum absolute atomic E-state index is 11.2. The monoisotopic (exact) mass is 412 g/mol. The van der Waals surface area contributed by atoms with Crippen LogP contribution in [0.5, 0.6) is 5.75 Å². The summed E-state index contributed by atoms with van der Waals surface area (Å²) in [6.07, 6.45) is 2.08. The third-order valence-corrected chi connectivity index (χ3v) is 4.08. The van der Waals surface area contributed by atoms with Gasteiger partial charge in [-0.25, -0.2) is 0 Å². The SMILES string of the molecule is CC(=O)Oc1ccc(/C=C/c2cc(CC(=O)O)c(CC(=O)O)c(CC(=O)O)c2)cc1. The van der Waals surface area contributed by atoms with Crippen LogP contribution < -0.4 is 4.74 Å². The molecule has 0 fully saturated rings. The molecule has 0 aliphatic heterocycles. The minimum Gasteiger partial charge on any atom is -0.481 e. The van der Waals surface area contributed by atoms with Crippen LogP contribution in [-0.4, -0.2) is 39.2 Å². The molecule has 2 aromatic rings. The summed E-state index contributed by atoms with van der Waals surface area (Å²) < 4.78 is 4.96. The topological polar surface area (TPSA) is 138 Å². The lowest BCUT2D eigenvalue weighted by Gasteiger charge is -2.13. The summed E-state index contributed by atoms with van der Waals surface area (Å²) in [7, 11) is 0. The van der Waals surface area contributed by atoms with Gasteiger partial charge in [0, 0.05) is 6.92 Å². The van der Waals surface area contributed by atoms with E-state index in [2.05, 4.69) is 0 Å². The Hall–Kier alpha value is -3.94. The summed E-state index contributed by atoms with van der Waals surface area (Å²) in [5.74, 6) is -3.51. The third-order valence-electron chi connectivity index (χ3n) is 4.08. The van der Waals surface area contributed by atoms with Crippen LogP contribution in [0.1, 0.15) is 34.7 Å². The number of carboxylic acid groups (broad SMARTS) is 3. The summed E-state index contributed by atoms with van der Waals surface area (Å²) >= 11 is 0. The third kappa shape index (κ3) is 6.90. The molecule has 0 aliphatic carbocycles. The Morgan fingerprint density at radius 1 is 0.767 bits per heavy atom. The van der Waals surface area contributed by atoms with E-state index in [1.54, 1.807) is 48.6 Å². The van der Waals surface area contributed by atoms with Crippen molar-refractivity contribution in [2.45, 2.75) is 26.2 Å². The number of hydrogen-bond acceptors (Lipinski definition) is 5. The molecule has 2 aromatic carbocycles. The largest absolute Gasteiger partial charge is 0.481 e. The molecule has 0 bridgehead atoms. The maximum atomic E-state index is 11.2. The molecule has 156 valence electrons. The number of carbonyl (C=O) groups is 4. The van der Waals surface area contributed by atoms with Gasteiger partial charge in [0.2, 0.25) is 0 Å². The quantitative estimate of drug-likeness (QED) is 0.325. The number of rotatable bonds is 9. The molecule has 3 N–H and O–H groups in total. The van der Waals surface area contributed by atoms with Crippen molar-refractivity contribution in [3.63, 3.8) is 0 Å². The highest BCUT2D eigenvalue weighted by Gasteiger charge is 2.17. The van der Waals surface area contributed by atoms with Crippen molar-refractivity contribution in [2.75, 3.05) is 0 Å². The van der Waals surface area contributed by atoms with E-state index in [1.165, 1.54) is 6.92 Å². The van der Waals surface area contributed by atoms with Gasteiger partial charge in [0.25, 0.3) is 0 Å². The number of benzene rings is 2. The zero-order valence-corrected chi connectivity index (χ0v) is 16.1. The van der Waals surface area contributed by atoms with Crippen LogP contribution in [0, 0.1) is 0 Å². The minimum atomic E-state index is -1.18. The van der Waals surface area contributed by atoms with Crippen LogP contribution in [0.25, 0.3) is 12.2 Å². The summed E-state index contributed by atoms with van der Waals surface area (Å²) in [6.45, 7) is 1.30. The van der Waals surface area contributed by atoms with Crippen LogP contribution in [0.15, 0.2) is 36.4 Å². The summed E-state index contributed by atoms with van der Waals surface area (Å²) in [5.41, 5.74) is 2.03. The molecule has 0 saturated heterocycles. The molecule has 0 radical (unpaired) electrons. The molecular formula is C22H20O8. The number of aliphatic carboxylic acids is 3. The number of hydrogen-bond donors (Lipinski definition) is 3. The average Bonchev–Trinajstić information content (AvgIpc) is 2.62. The second-order valence-electron chi connectivity index (χ2n) is 6.53. The first-order valence-electron chi connectivity index (χ1n) is 8.90. The lowest BCUT2D eigenvalue weighted by Crippen LogP contribution is -2.13. The van der Waals surface area contributed by atoms with Crippen LogP contribution >= 0.6 is 0 Å². The highest BCUT2D eigenvalue weighted by Crippen LogP contribution is 2.23. The minimum absolute atomic E-state index is 0.204. The van der Waals surface area contributed by atoms with Gasteiger partial charge in [0.1, 0.15) is 5.75 Å². The molecule has 0 atom stereocenters. The summed E-state index contributed by atoms with van der Waals surface area (Å²) in [4.78, 5) is 44.6. The molecule has 0 unspecified atom stereocenters. The molecule has 0 heterocycles. The van der Waals surface area contributed by atoms with E-state index in [9.17, 15) is 19.2 Å². The van der Waals surface area contributed by atoms with Gasteiger partial charge in [-0.2, -0.15) is 0 Å². The molecule has 8 heteroatoms. The summed E-state index contributed by atoms with van der Waals surface area (Å²) in [6, 6.07) is 9.74. The van der Waals surface area contributed by atoms with E-state index >= 15 is 0 Å². The molecular weight excluding hydrogens is 392 g/mol. The van der Waals surface area contributed by atoms with Gasteiger partial charge in [0.05, 0.1) is 19.3 Å². The Bertz CT molecular complexity index is 965. The standard InChI is InChI=1S/C22H20O8/c1-13(23)30-18-6-4-14(5-7-18)2-3-15-8-16(10-20(24)25)19(12-22(28)29)17(9-15)11-21(26)27/h2-9H,10-12H2,1H3,(H,24,25)(H,26,27)(H,28,29)/b3-2+. The van der Waals surface area contributed by atoms with Crippen LogP contribution in [0.4, 0.5) is 0 Å². The fraction of sp³-hybridized carbons (Fsp3) is 0.182. The lowest BCUT2D eigenvalue weighted by atomic mass is 9.91. The number of carboxylic acids is 3. The Labute approximate surface area is 172 Å². The van der Waals surface area contributed by atoms with Crippen LogP contribution in [0.3, 0.4) is 0 Å². The fourth-order valence-electron chi connectivity index (χ4n) is 2.95. The second kappa shape index (κ2) is 10.0. The van der Waals surface area contributed by atoms with Crippen molar-refractivity contribution < 1.29 is 39.2 Å². The normalized spacial score (nSPS) is 10.7. The van der Waals surface area contributed by atoms with E-state index in [1.807, 2.05) is 0 Å². The molecule has 2 rings (SSSR count).